The number of nitriles is 1. The first-order valence-electron chi connectivity index (χ1n) is 6.54. The third-order valence-electron chi connectivity index (χ3n) is 2.95. The molecule has 0 aliphatic carbocycles. The van der Waals surface area contributed by atoms with Crippen molar-refractivity contribution in [3.05, 3.63) is 35.9 Å². The average molecular weight is 284 g/mol. The van der Waals surface area contributed by atoms with Gasteiger partial charge in [0.25, 0.3) is 5.82 Å². The van der Waals surface area contributed by atoms with E-state index in [4.69, 9.17) is 11.0 Å². The lowest BCUT2D eigenvalue weighted by Gasteiger charge is -2.09. The zero-order valence-corrected chi connectivity index (χ0v) is 11.7. The van der Waals surface area contributed by atoms with E-state index in [0.29, 0.717) is 25.1 Å². The summed E-state index contributed by atoms with van der Waals surface area (Å²) in [6.45, 7) is 2.44. The van der Waals surface area contributed by atoms with Crippen molar-refractivity contribution in [1.82, 2.24) is 14.8 Å². The smallest absolute Gasteiger partial charge is 0.252 e. The van der Waals surface area contributed by atoms with Crippen molar-refractivity contribution in [2.45, 2.75) is 26.3 Å². The van der Waals surface area contributed by atoms with Gasteiger partial charge in [-0.1, -0.05) is 0 Å². The molecule has 7 heteroatoms. The molecule has 7 nitrogen and oxygen atoms in total. The van der Waals surface area contributed by atoms with Gasteiger partial charge in [-0.2, -0.15) is 5.26 Å². The van der Waals surface area contributed by atoms with Crippen LogP contribution in [0.15, 0.2) is 24.5 Å². The van der Waals surface area contributed by atoms with Crippen LogP contribution < -0.4 is 11.1 Å². The normalized spacial score (nSPS) is 10.1. The second-order valence-electron chi connectivity index (χ2n) is 4.67. The van der Waals surface area contributed by atoms with Gasteiger partial charge in [0.2, 0.25) is 5.91 Å². The van der Waals surface area contributed by atoms with Crippen molar-refractivity contribution in [1.29, 1.82) is 5.26 Å². The van der Waals surface area contributed by atoms with Gasteiger partial charge in [-0.05, 0) is 37.1 Å². The van der Waals surface area contributed by atoms with E-state index in [9.17, 15) is 4.79 Å². The van der Waals surface area contributed by atoms with Gasteiger partial charge in [0.1, 0.15) is 12.4 Å². The Bertz CT molecular complexity index is 685. The molecular formula is C14H16N6O. The average Bonchev–Trinajstić information content (AvgIpc) is 2.90. The fourth-order valence-electron chi connectivity index (χ4n) is 1.90. The SMILES string of the molecule is Cc1cc(N)ccc1NC(=O)CCCn1cnc(C#N)n1. The molecule has 0 aliphatic heterocycles. The van der Waals surface area contributed by atoms with E-state index in [-0.39, 0.29) is 11.7 Å². The molecule has 0 unspecified atom stereocenters. The van der Waals surface area contributed by atoms with Gasteiger partial charge in [-0.25, -0.2) is 4.98 Å². The van der Waals surface area contributed by atoms with Gasteiger partial charge in [-0.15, -0.1) is 5.10 Å². The quantitative estimate of drug-likeness (QED) is 0.808. The second kappa shape index (κ2) is 6.52. The summed E-state index contributed by atoms with van der Waals surface area (Å²) in [5, 5.41) is 15.4. The molecule has 0 saturated carbocycles. The maximum atomic E-state index is 11.9. The van der Waals surface area contributed by atoms with Gasteiger partial charge in [0.05, 0.1) is 0 Å². The number of anilines is 2. The number of aromatic nitrogens is 3. The summed E-state index contributed by atoms with van der Waals surface area (Å²) in [7, 11) is 0. The minimum atomic E-state index is -0.0662. The molecule has 108 valence electrons. The molecule has 2 rings (SSSR count). The maximum absolute atomic E-state index is 11.9. The van der Waals surface area contributed by atoms with Crippen LogP contribution in [0.5, 0.6) is 0 Å². The fourth-order valence-corrected chi connectivity index (χ4v) is 1.90. The lowest BCUT2D eigenvalue weighted by atomic mass is 10.1. The minimum Gasteiger partial charge on any atom is -0.399 e. The molecule has 1 amide bonds. The third kappa shape index (κ3) is 4.04. The first-order chi connectivity index (χ1) is 10.1. The van der Waals surface area contributed by atoms with Crippen molar-refractivity contribution in [2.24, 2.45) is 0 Å². The Morgan fingerprint density at radius 3 is 3.00 bits per heavy atom. The zero-order valence-electron chi connectivity index (χ0n) is 11.7. The lowest BCUT2D eigenvalue weighted by Crippen LogP contribution is -2.13. The largest absolute Gasteiger partial charge is 0.399 e. The Hall–Kier alpha value is -2.88. The number of hydrogen-bond donors (Lipinski definition) is 2. The monoisotopic (exact) mass is 284 g/mol. The molecule has 0 spiro atoms. The van der Waals surface area contributed by atoms with Gasteiger partial charge in [0, 0.05) is 24.3 Å². The molecular weight excluding hydrogens is 268 g/mol. The molecule has 0 bridgehead atoms. The first kappa shape index (κ1) is 14.5. The van der Waals surface area contributed by atoms with Crippen molar-refractivity contribution in [3.8, 4) is 6.07 Å². The number of amides is 1. The van der Waals surface area contributed by atoms with E-state index in [2.05, 4.69) is 15.4 Å². The first-order valence-corrected chi connectivity index (χ1v) is 6.54. The van der Waals surface area contributed by atoms with Crippen LogP contribution in [0.1, 0.15) is 24.2 Å². The highest BCUT2D eigenvalue weighted by Gasteiger charge is 2.06. The lowest BCUT2D eigenvalue weighted by molar-refractivity contribution is -0.116. The Labute approximate surface area is 122 Å². The van der Waals surface area contributed by atoms with E-state index in [1.165, 1.54) is 6.33 Å². The van der Waals surface area contributed by atoms with Gasteiger partial charge in [-0.3, -0.25) is 9.48 Å². The molecule has 0 fully saturated rings. The number of nitrogen functional groups attached to an aromatic ring is 1. The van der Waals surface area contributed by atoms with Crippen molar-refractivity contribution in [2.75, 3.05) is 11.1 Å². The number of nitrogens with two attached hydrogens (primary N) is 1. The number of carbonyl (C=O) groups is 1. The van der Waals surface area contributed by atoms with E-state index >= 15 is 0 Å². The Balaban J connectivity index is 1.81. The standard InChI is InChI=1S/C14H16N6O/c1-10-7-11(16)4-5-12(10)18-14(21)3-2-6-20-9-17-13(8-15)19-20/h4-5,7,9H,2-3,6,16H2,1H3,(H,18,21). The van der Waals surface area contributed by atoms with Crippen molar-refractivity contribution < 1.29 is 4.79 Å². The van der Waals surface area contributed by atoms with Crippen LogP contribution in [-0.4, -0.2) is 20.7 Å². The van der Waals surface area contributed by atoms with E-state index in [1.54, 1.807) is 16.8 Å². The number of nitrogens with one attached hydrogen (secondary N) is 1. The molecule has 1 aromatic carbocycles. The summed E-state index contributed by atoms with van der Waals surface area (Å²) >= 11 is 0. The Morgan fingerprint density at radius 2 is 2.33 bits per heavy atom. The molecule has 0 aliphatic rings. The molecule has 21 heavy (non-hydrogen) atoms. The summed E-state index contributed by atoms with van der Waals surface area (Å²) in [5.74, 6) is 0.0699. The molecule has 2 aromatic rings. The van der Waals surface area contributed by atoms with Crippen LogP contribution in [0, 0.1) is 18.3 Å². The number of rotatable bonds is 5. The van der Waals surface area contributed by atoms with Crippen LogP contribution in [0.2, 0.25) is 0 Å². The van der Waals surface area contributed by atoms with Crippen LogP contribution in [0.4, 0.5) is 11.4 Å². The Kier molecular flexibility index (Phi) is 4.51. The summed E-state index contributed by atoms with van der Waals surface area (Å²) < 4.78 is 1.56. The highest BCUT2D eigenvalue weighted by atomic mass is 16.1. The number of benzene rings is 1. The zero-order chi connectivity index (χ0) is 15.2. The Morgan fingerprint density at radius 1 is 1.52 bits per heavy atom. The van der Waals surface area contributed by atoms with E-state index in [1.807, 2.05) is 19.1 Å². The number of carbonyl (C=O) groups excluding carboxylic acids is 1. The summed E-state index contributed by atoms with van der Waals surface area (Å²) in [4.78, 5) is 15.7. The predicted octanol–water partition coefficient (Wildman–Crippen LogP) is 1.46. The highest BCUT2D eigenvalue weighted by molar-refractivity contribution is 5.91. The van der Waals surface area contributed by atoms with Crippen molar-refractivity contribution >= 4 is 17.3 Å². The molecule has 0 saturated heterocycles. The fraction of sp³-hybridized carbons (Fsp3) is 0.286. The molecule has 3 N–H and O–H groups in total. The molecule has 1 heterocycles. The highest BCUT2D eigenvalue weighted by Crippen LogP contribution is 2.17. The second-order valence-corrected chi connectivity index (χ2v) is 4.67. The number of hydrogen-bond acceptors (Lipinski definition) is 5. The molecule has 1 aromatic heterocycles. The molecule has 0 radical (unpaired) electrons. The van der Waals surface area contributed by atoms with Crippen LogP contribution in [-0.2, 0) is 11.3 Å². The maximum Gasteiger partial charge on any atom is 0.252 e. The van der Waals surface area contributed by atoms with Gasteiger partial charge in [0.15, 0.2) is 0 Å². The number of aryl methyl sites for hydroxylation is 2. The summed E-state index contributed by atoms with van der Waals surface area (Å²) in [6.07, 6.45) is 2.47. The topological polar surface area (TPSA) is 110 Å². The van der Waals surface area contributed by atoms with Gasteiger partial charge >= 0.3 is 0 Å². The third-order valence-corrected chi connectivity index (χ3v) is 2.95. The van der Waals surface area contributed by atoms with Crippen LogP contribution >= 0.6 is 0 Å². The van der Waals surface area contributed by atoms with Gasteiger partial charge < -0.3 is 11.1 Å². The minimum absolute atomic E-state index is 0.0662. The van der Waals surface area contributed by atoms with E-state index in [0.717, 1.165) is 11.3 Å². The van der Waals surface area contributed by atoms with E-state index < -0.39 is 0 Å². The van der Waals surface area contributed by atoms with Crippen molar-refractivity contribution in [3.63, 3.8) is 0 Å². The number of nitrogens with zero attached hydrogens (tertiary/aromatic N) is 4. The summed E-state index contributed by atoms with van der Waals surface area (Å²) in [5.41, 5.74) is 8.03. The predicted molar refractivity (Wildman–Crippen MR) is 78.2 cm³/mol. The van der Waals surface area contributed by atoms with Crippen LogP contribution in [0.25, 0.3) is 0 Å². The summed E-state index contributed by atoms with van der Waals surface area (Å²) in [6, 6.07) is 7.21. The molecule has 0 atom stereocenters. The van der Waals surface area contributed by atoms with Crippen LogP contribution in [0.3, 0.4) is 0 Å².